The van der Waals surface area contributed by atoms with Crippen molar-refractivity contribution >= 4 is 45.1 Å². The molecule has 3 nitrogen and oxygen atoms in total. The quantitative estimate of drug-likeness (QED) is 0.662. The van der Waals surface area contributed by atoms with Crippen molar-refractivity contribution in [2.75, 3.05) is 5.32 Å². The highest BCUT2D eigenvalue weighted by molar-refractivity contribution is 14.1. The largest absolute Gasteiger partial charge is 0.321 e. The van der Waals surface area contributed by atoms with E-state index in [9.17, 15) is 4.79 Å². The predicted molar refractivity (Wildman–Crippen MR) is 93.6 cm³/mol. The summed E-state index contributed by atoms with van der Waals surface area (Å²) in [5.74, 6) is -0.120. The maximum atomic E-state index is 12.3. The number of hydrogen-bond donors (Lipinski definition) is 1. The average Bonchev–Trinajstić information content (AvgIpc) is 2.50. The maximum Gasteiger partial charge on any atom is 0.255 e. The lowest BCUT2D eigenvalue weighted by molar-refractivity contribution is 0.102. The second-order valence-corrected chi connectivity index (χ2v) is 6.00. The smallest absolute Gasteiger partial charge is 0.255 e. The number of fused-ring (bicyclic) bond motifs is 1. The van der Waals surface area contributed by atoms with Crippen LogP contribution in [0, 0.1) is 10.5 Å². The number of nitrogens with zero attached hydrogens (tertiary/aromatic N) is 1. The van der Waals surface area contributed by atoms with Gasteiger partial charge in [0.2, 0.25) is 0 Å². The molecule has 21 heavy (non-hydrogen) atoms. The minimum atomic E-state index is -0.120. The Morgan fingerprint density at radius 2 is 1.95 bits per heavy atom. The number of para-hydroxylation sites is 1. The van der Waals surface area contributed by atoms with E-state index >= 15 is 0 Å². The topological polar surface area (TPSA) is 42.0 Å². The second kappa shape index (κ2) is 5.81. The van der Waals surface area contributed by atoms with Crippen LogP contribution in [0.15, 0.2) is 54.7 Å². The van der Waals surface area contributed by atoms with Gasteiger partial charge in [0.25, 0.3) is 5.91 Å². The van der Waals surface area contributed by atoms with Crippen molar-refractivity contribution in [3.63, 3.8) is 0 Å². The van der Waals surface area contributed by atoms with Gasteiger partial charge in [-0.3, -0.25) is 9.78 Å². The van der Waals surface area contributed by atoms with Crippen LogP contribution in [0.4, 0.5) is 5.69 Å². The molecule has 0 atom stereocenters. The van der Waals surface area contributed by atoms with Gasteiger partial charge in [-0.15, -0.1) is 0 Å². The molecule has 0 spiro atoms. The van der Waals surface area contributed by atoms with E-state index in [0.717, 1.165) is 14.5 Å². The molecule has 0 saturated carbocycles. The molecule has 4 heteroatoms. The zero-order valence-electron chi connectivity index (χ0n) is 11.4. The standard InChI is InChI=1S/C17H13IN2O/c1-11-6-7-13(9-15(11)18)17(21)20-14-8-12-4-2-3-5-16(12)19-10-14/h2-10H,1H3,(H,20,21). The van der Waals surface area contributed by atoms with Gasteiger partial charge in [0, 0.05) is 14.5 Å². The Morgan fingerprint density at radius 1 is 1.14 bits per heavy atom. The lowest BCUT2D eigenvalue weighted by atomic mass is 10.1. The SMILES string of the molecule is Cc1ccc(C(=O)Nc2cnc3ccccc3c2)cc1I. The molecule has 0 aliphatic carbocycles. The van der Waals surface area contributed by atoms with Crippen LogP contribution < -0.4 is 5.32 Å². The van der Waals surface area contributed by atoms with E-state index < -0.39 is 0 Å². The molecule has 1 aromatic heterocycles. The van der Waals surface area contributed by atoms with Gasteiger partial charge in [-0.25, -0.2) is 0 Å². The van der Waals surface area contributed by atoms with Gasteiger partial charge in [0.05, 0.1) is 17.4 Å². The minimum absolute atomic E-state index is 0.120. The molecule has 2 aromatic carbocycles. The number of halogens is 1. The Bertz CT molecular complexity index is 830. The van der Waals surface area contributed by atoms with Crippen LogP contribution in [0.25, 0.3) is 10.9 Å². The number of amides is 1. The Labute approximate surface area is 136 Å². The molecule has 1 N–H and O–H groups in total. The number of hydrogen-bond acceptors (Lipinski definition) is 2. The summed E-state index contributed by atoms with van der Waals surface area (Å²) in [7, 11) is 0. The molecule has 0 bridgehead atoms. The number of benzene rings is 2. The van der Waals surface area contributed by atoms with Crippen LogP contribution in [0.5, 0.6) is 0 Å². The van der Waals surface area contributed by atoms with Crippen molar-refractivity contribution in [2.24, 2.45) is 0 Å². The van der Waals surface area contributed by atoms with Gasteiger partial charge < -0.3 is 5.32 Å². The first kappa shape index (κ1) is 14.0. The second-order valence-electron chi connectivity index (χ2n) is 4.83. The Hall–Kier alpha value is -1.95. The Kier molecular flexibility index (Phi) is 3.88. The molecule has 3 aromatic rings. The summed E-state index contributed by atoms with van der Waals surface area (Å²) in [5.41, 5.74) is 3.44. The van der Waals surface area contributed by atoms with Gasteiger partial charge in [0.15, 0.2) is 0 Å². The van der Waals surface area contributed by atoms with Crippen molar-refractivity contribution < 1.29 is 4.79 Å². The van der Waals surface area contributed by atoms with Crippen molar-refractivity contribution in [1.29, 1.82) is 0 Å². The maximum absolute atomic E-state index is 12.3. The lowest BCUT2D eigenvalue weighted by Crippen LogP contribution is -2.12. The third-order valence-corrected chi connectivity index (χ3v) is 4.44. The monoisotopic (exact) mass is 388 g/mol. The number of carbonyl (C=O) groups is 1. The molecular formula is C17H13IN2O. The fraction of sp³-hybridized carbons (Fsp3) is 0.0588. The molecule has 0 unspecified atom stereocenters. The van der Waals surface area contributed by atoms with Gasteiger partial charge >= 0.3 is 0 Å². The molecule has 3 rings (SSSR count). The van der Waals surface area contributed by atoms with E-state index in [1.54, 1.807) is 6.20 Å². The molecule has 1 amide bonds. The molecular weight excluding hydrogens is 375 g/mol. The molecule has 0 saturated heterocycles. The molecule has 0 aliphatic rings. The van der Waals surface area contributed by atoms with E-state index in [1.165, 1.54) is 5.56 Å². The number of nitrogens with one attached hydrogen (secondary N) is 1. The highest BCUT2D eigenvalue weighted by atomic mass is 127. The first-order valence-electron chi connectivity index (χ1n) is 6.56. The zero-order valence-corrected chi connectivity index (χ0v) is 13.6. The number of rotatable bonds is 2. The summed E-state index contributed by atoms with van der Waals surface area (Å²) in [4.78, 5) is 16.6. The first-order chi connectivity index (χ1) is 10.1. The first-order valence-corrected chi connectivity index (χ1v) is 7.64. The average molecular weight is 388 g/mol. The van der Waals surface area contributed by atoms with Crippen LogP contribution in [-0.2, 0) is 0 Å². The Morgan fingerprint density at radius 3 is 2.76 bits per heavy atom. The summed E-state index contributed by atoms with van der Waals surface area (Å²) in [6, 6.07) is 15.4. The van der Waals surface area contributed by atoms with Crippen LogP contribution in [-0.4, -0.2) is 10.9 Å². The molecule has 0 aliphatic heterocycles. The predicted octanol–water partition coefficient (Wildman–Crippen LogP) is 4.40. The van der Waals surface area contributed by atoms with E-state index in [0.29, 0.717) is 11.3 Å². The molecule has 0 fully saturated rings. The summed E-state index contributed by atoms with van der Waals surface area (Å²) in [5, 5.41) is 3.90. The summed E-state index contributed by atoms with van der Waals surface area (Å²) in [6.07, 6.45) is 1.68. The molecule has 1 heterocycles. The van der Waals surface area contributed by atoms with E-state index in [2.05, 4.69) is 32.9 Å². The fourth-order valence-corrected chi connectivity index (χ4v) is 2.59. The number of aromatic nitrogens is 1. The summed E-state index contributed by atoms with van der Waals surface area (Å²) >= 11 is 2.23. The van der Waals surface area contributed by atoms with Gasteiger partial charge in [-0.2, -0.15) is 0 Å². The van der Waals surface area contributed by atoms with Crippen molar-refractivity contribution in [3.05, 3.63) is 69.4 Å². The molecule has 0 radical (unpaired) electrons. The van der Waals surface area contributed by atoms with Crippen molar-refractivity contribution in [1.82, 2.24) is 4.98 Å². The third-order valence-electron chi connectivity index (χ3n) is 3.28. The van der Waals surface area contributed by atoms with Crippen LogP contribution in [0.1, 0.15) is 15.9 Å². The number of carbonyl (C=O) groups excluding carboxylic acids is 1. The number of anilines is 1. The van der Waals surface area contributed by atoms with Gasteiger partial charge in [-0.05, 0) is 59.3 Å². The minimum Gasteiger partial charge on any atom is -0.321 e. The fourth-order valence-electron chi connectivity index (χ4n) is 2.08. The van der Waals surface area contributed by atoms with Gasteiger partial charge in [-0.1, -0.05) is 24.3 Å². The highest BCUT2D eigenvalue weighted by Gasteiger charge is 2.08. The van der Waals surface area contributed by atoms with Crippen LogP contribution >= 0.6 is 22.6 Å². The zero-order chi connectivity index (χ0) is 14.8. The van der Waals surface area contributed by atoms with E-state index in [4.69, 9.17) is 0 Å². The summed E-state index contributed by atoms with van der Waals surface area (Å²) < 4.78 is 1.08. The van der Waals surface area contributed by atoms with Gasteiger partial charge in [0.1, 0.15) is 0 Å². The summed E-state index contributed by atoms with van der Waals surface area (Å²) in [6.45, 7) is 2.02. The Balaban J connectivity index is 1.87. The van der Waals surface area contributed by atoms with Crippen molar-refractivity contribution in [2.45, 2.75) is 6.92 Å². The van der Waals surface area contributed by atoms with Crippen molar-refractivity contribution in [3.8, 4) is 0 Å². The van der Waals surface area contributed by atoms with E-state index in [-0.39, 0.29) is 5.91 Å². The lowest BCUT2D eigenvalue weighted by Gasteiger charge is -2.07. The number of pyridine rings is 1. The van der Waals surface area contributed by atoms with Crippen LogP contribution in [0.2, 0.25) is 0 Å². The van der Waals surface area contributed by atoms with Crippen LogP contribution in [0.3, 0.4) is 0 Å². The number of aryl methyl sites for hydroxylation is 1. The highest BCUT2D eigenvalue weighted by Crippen LogP contribution is 2.18. The third kappa shape index (κ3) is 3.05. The normalized spacial score (nSPS) is 10.6. The van der Waals surface area contributed by atoms with E-state index in [1.807, 2.05) is 55.5 Å². The molecule has 104 valence electrons.